The Labute approximate surface area is 80.6 Å². The molecule has 2 N–H and O–H groups in total. The fourth-order valence-corrected chi connectivity index (χ4v) is 1.53. The summed E-state index contributed by atoms with van der Waals surface area (Å²) in [6, 6.07) is 0.346. The minimum atomic E-state index is 0.0790. The molecule has 1 atom stereocenters. The summed E-state index contributed by atoms with van der Waals surface area (Å²) in [7, 11) is 0. The molecule has 0 aromatic heterocycles. The summed E-state index contributed by atoms with van der Waals surface area (Å²) in [6.45, 7) is 3.60. The van der Waals surface area contributed by atoms with E-state index in [4.69, 9.17) is 15.2 Å². The van der Waals surface area contributed by atoms with Gasteiger partial charge in [-0.1, -0.05) is 12.8 Å². The molecule has 0 radical (unpaired) electrons. The Hall–Kier alpha value is -0.120. The fraction of sp³-hybridized carbons (Fsp3) is 1.00. The van der Waals surface area contributed by atoms with Crippen LogP contribution < -0.4 is 5.73 Å². The maximum absolute atomic E-state index is 5.65. The Morgan fingerprint density at radius 2 is 1.92 bits per heavy atom. The first-order chi connectivity index (χ1) is 6.29. The van der Waals surface area contributed by atoms with E-state index in [-0.39, 0.29) is 6.29 Å². The van der Waals surface area contributed by atoms with Crippen LogP contribution >= 0.6 is 0 Å². The van der Waals surface area contributed by atoms with Gasteiger partial charge in [0.1, 0.15) is 0 Å². The van der Waals surface area contributed by atoms with Gasteiger partial charge in [0.25, 0.3) is 0 Å². The Kier molecular flexibility index (Phi) is 5.35. The van der Waals surface area contributed by atoms with Crippen molar-refractivity contribution >= 4 is 0 Å². The lowest BCUT2D eigenvalue weighted by atomic mass is 10.1. The molecule has 3 nitrogen and oxygen atoms in total. The topological polar surface area (TPSA) is 44.5 Å². The van der Waals surface area contributed by atoms with Gasteiger partial charge < -0.3 is 15.2 Å². The standard InChI is InChI=1S/C10H21NO2/c1-9(11)5-3-2-4-6-10-12-7-8-13-10/h9-10H,2-8,11H2,1H3. The Balaban J connectivity index is 1.83. The molecule has 1 fully saturated rings. The summed E-state index contributed by atoms with van der Waals surface area (Å²) in [5.74, 6) is 0. The zero-order valence-electron chi connectivity index (χ0n) is 8.50. The molecule has 0 aromatic carbocycles. The maximum Gasteiger partial charge on any atom is 0.157 e. The van der Waals surface area contributed by atoms with Crippen LogP contribution in [-0.4, -0.2) is 25.5 Å². The van der Waals surface area contributed by atoms with E-state index in [0.29, 0.717) is 6.04 Å². The molecule has 0 aliphatic carbocycles. The molecule has 1 aliphatic rings. The SMILES string of the molecule is CC(N)CCCCCC1OCCO1. The van der Waals surface area contributed by atoms with Gasteiger partial charge in [-0.2, -0.15) is 0 Å². The second kappa shape index (κ2) is 6.35. The van der Waals surface area contributed by atoms with Gasteiger partial charge in [-0.15, -0.1) is 0 Å². The first-order valence-corrected chi connectivity index (χ1v) is 5.28. The van der Waals surface area contributed by atoms with Gasteiger partial charge in [-0.3, -0.25) is 0 Å². The molecule has 1 rings (SSSR count). The lowest BCUT2D eigenvalue weighted by Crippen LogP contribution is -2.14. The van der Waals surface area contributed by atoms with Crippen LogP contribution in [0.1, 0.15) is 39.0 Å². The van der Waals surface area contributed by atoms with E-state index in [2.05, 4.69) is 6.92 Å². The maximum atomic E-state index is 5.65. The summed E-state index contributed by atoms with van der Waals surface area (Å²) < 4.78 is 10.7. The van der Waals surface area contributed by atoms with E-state index < -0.39 is 0 Å². The quantitative estimate of drug-likeness (QED) is 0.643. The van der Waals surface area contributed by atoms with E-state index in [1.54, 1.807) is 0 Å². The molecule has 1 aliphatic heterocycles. The van der Waals surface area contributed by atoms with Crippen molar-refractivity contribution in [3.8, 4) is 0 Å². The Morgan fingerprint density at radius 3 is 2.54 bits per heavy atom. The average Bonchev–Trinajstić information content (AvgIpc) is 2.55. The van der Waals surface area contributed by atoms with Gasteiger partial charge in [-0.25, -0.2) is 0 Å². The molecule has 0 saturated carbocycles. The smallest absolute Gasteiger partial charge is 0.157 e. The van der Waals surface area contributed by atoms with Crippen molar-refractivity contribution < 1.29 is 9.47 Å². The van der Waals surface area contributed by atoms with Crippen LogP contribution in [-0.2, 0) is 9.47 Å². The van der Waals surface area contributed by atoms with Crippen LogP contribution in [0.2, 0.25) is 0 Å². The first kappa shape index (κ1) is 11.0. The summed E-state index contributed by atoms with van der Waals surface area (Å²) in [6.07, 6.45) is 5.91. The molecular weight excluding hydrogens is 166 g/mol. The van der Waals surface area contributed by atoms with Crippen molar-refractivity contribution in [3.05, 3.63) is 0 Å². The van der Waals surface area contributed by atoms with Crippen LogP contribution in [0.4, 0.5) is 0 Å². The molecule has 13 heavy (non-hydrogen) atoms. The molecule has 0 spiro atoms. The number of hydrogen-bond donors (Lipinski definition) is 1. The van der Waals surface area contributed by atoms with E-state index in [0.717, 1.165) is 26.1 Å². The van der Waals surface area contributed by atoms with Crippen molar-refractivity contribution in [2.45, 2.75) is 51.4 Å². The Bertz CT molecular complexity index is 122. The monoisotopic (exact) mass is 187 g/mol. The third-order valence-electron chi connectivity index (χ3n) is 2.29. The lowest BCUT2D eigenvalue weighted by Gasteiger charge is -2.08. The Morgan fingerprint density at radius 1 is 1.23 bits per heavy atom. The summed E-state index contributed by atoms with van der Waals surface area (Å²) in [4.78, 5) is 0. The highest BCUT2D eigenvalue weighted by molar-refractivity contribution is 4.56. The van der Waals surface area contributed by atoms with Crippen molar-refractivity contribution in [2.75, 3.05) is 13.2 Å². The molecule has 78 valence electrons. The number of hydrogen-bond acceptors (Lipinski definition) is 3. The minimum absolute atomic E-state index is 0.0790. The van der Waals surface area contributed by atoms with Crippen LogP contribution in [0.15, 0.2) is 0 Å². The first-order valence-electron chi connectivity index (χ1n) is 5.28. The number of rotatable bonds is 6. The summed E-state index contributed by atoms with van der Waals surface area (Å²) >= 11 is 0. The van der Waals surface area contributed by atoms with Gasteiger partial charge in [0.2, 0.25) is 0 Å². The number of nitrogens with two attached hydrogens (primary N) is 1. The predicted molar refractivity (Wildman–Crippen MR) is 52.4 cm³/mol. The number of unbranched alkanes of at least 4 members (excludes halogenated alkanes) is 2. The van der Waals surface area contributed by atoms with Crippen LogP contribution in [0.5, 0.6) is 0 Å². The average molecular weight is 187 g/mol. The van der Waals surface area contributed by atoms with Gasteiger partial charge in [0.15, 0.2) is 6.29 Å². The third-order valence-corrected chi connectivity index (χ3v) is 2.29. The highest BCUT2D eigenvalue weighted by Crippen LogP contribution is 2.13. The van der Waals surface area contributed by atoms with E-state index in [1.807, 2.05) is 0 Å². The van der Waals surface area contributed by atoms with Crippen molar-refractivity contribution in [2.24, 2.45) is 5.73 Å². The van der Waals surface area contributed by atoms with E-state index in [1.165, 1.54) is 19.3 Å². The lowest BCUT2D eigenvalue weighted by molar-refractivity contribution is -0.0480. The second-order valence-electron chi connectivity index (χ2n) is 3.79. The minimum Gasteiger partial charge on any atom is -0.350 e. The fourth-order valence-electron chi connectivity index (χ4n) is 1.53. The summed E-state index contributed by atoms with van der Waals surface area (Å²) in [5, 5.41) is 0. The predicted octanol–water partition coefficient (Wildman–Crippen LogP) is 1.66. The molecule has 0 bridgehead atoms. The molecular formula is C10H21NO2. The molecule has 0 amide bonds. The molecule has 0 aromatic rings. The van der Waals surface area contributed by atoms with Gasteiger partial charge >= 0.3 is 0 Å². The van der Waals surface area contributed by atoms with Crippen molar-refractivity contribution in [1.82, 2.24) is 0 Å². The van der Waals surface area contributed by atoms with Crippen LogP contribution in [0.25, 0.3) is 0 Å². The van der Waals surface area contributed by atoms with E-state index in [9.17, 15) is 0 Å². The van der Waals surface area contributed by atoms with Crippen molar-refractivity contribution in [1.29, 1.82) is 0 Å². The number of ether oxygens (including phenoxy) is 2. The van der Waals surface area contributed by atoms with Gasteiger partial charge in [-0.05, 0) is 26.2 Å². The molecule has 1 unspecified atom stereocenters. The van der Waals surface area contributed by atoms with Crippen LogP contribution in [0.3, 0.4) is 0 Å². The van der Waals surface area contributed by atoms with Gasteiger partial charge in [0.05, 0.1) is 13.2 Å². The highest BCUT2D eigenvalue weighted by Gasteiger charge is 2.14. The normalized spacial score (nSPS) is 20.8. The second-order valence-corrected chi connectivity index (χ2v) is 3.79. The zero-order valence-corrected chi connectivity index (χ0v) is 8.50. The third kappa shape index (κ3) is 5.24. The molecule has 1 saturated heterocycles. The highest BCUT2D eigenvalue weighted by atomic mass is 16.7. The largest absolute Gasteiger partial charge is 0.350 e. The van der Waals surface area contributed by atoms with Gasteiger partial charge in [0, 0.05) is 6.04 Å². The van der Waals surface area contributed by atoms with E-state index >= 15 is 0 Å². The zero-order chi connectivity index (χ0) is 9.52. The van der Waals surface area contributed by atoms with Crippen molar-refractivity contribution in [3.63, 3.8) is 0 Å². The summed E-state index contributed by atoms with van der Waals surface area (Å²) in [5.41, 5.74) is 5.65. The molecule has 1 heterocycles. The molecule has 3 heteroatoms. The van der Waals surface area contributed by atoms with Crippen LogP contribution in [0, 0.1) is 0 Å².